The Kier molecular flexibility index (Phi) is 6.77. The van der Waals surface area contributed by atoms with Gasteiger partial charge in [-0.25, -0.2) is 0 Å². The van der Waals surface area contributed by atoms with Crippen molar-refractivity contribution in [2.75, 3.05) is 0 Å². The zero-order valence-corrected chi connectivity index (χ0v) is 16.7. The summed E-state index contributed by atoms with van der Waals surface area (Å²) in [6, 6.07) is 7.98. The van der Waals surface area contributed by atoms with Crippen LogP contribution in [0.15, 0.2) is 24.3 Å². The second kappa shape index (κ2) is 8.84. The Morgan fingerprint density at radius 2 is 1.78 bits per heavy atom. The Bertz CT molecular complexity index is 809. The van der Waals surface area contributed by atoms with Crippen LogP contribution in [0.5, 0.6) is 0 Å². The van der Waals surface area contributed by atoms with Gasteiger partial charge in [0, 0.05) is 18.2 Å². The van der Waals surface area contributed by atoms with Gasteiger partial charge >= 0.3 is 5.97 Å². The first kappa shape index (κ1) is 20.7. The molecular formula is C21H29N3O3. The van der Waals surface area contributed by atoms with Gasteiger partial charge in [-0.2, -0.15) is 5.10 Å². The van der Waals surface area contributed by atoms with Crippen LogP contribution in [0.25, 0.3) is 0 Å². The van der Waals surface area contributed by atoms with Gasteiger partial charge in [-0.1, -0.05) is 29.8 Å². The first-order valence-corrected chi connectivity index (χ1v) is 9.29. The number of amides is 1. The van der Waals surface area contributed by atoms with Crippen LogP contribution in [-0.4, -0.2) is 32.8 Å². The van der Waals surface area contributed by atoms with Gasteiger partial charge < -0.3 is 10.4 Å². The van der Waals surface area contributed by atoms with Crippen LogP contribution >= 0.6 is 0 Å². The lowest BCUT2D eigenvalue weighted by molar-refractivity contribution is -0.142. The predicted molar refractivity (Wildman–Crippen MR) is 105 cm³/mol. The van der Waals surface area contributed by atoms with Crippen LogP contribution in [0.2, 0.25) is 0 Å². The minimum Gasteiger partial charge on any atom is -0.481 e. The monoisotopic (exact) mass is 371 g/mol. The van der Waals surface area contributed by atoms with Crippen LogP contribution in [0, 0.1) is 26.7 Å². The second-order valence-corrected chi connectivity index (χ2v) is 7.28. The SMILES string of the molecule is Cc1ccc(Cn2nc(C)c(CCC(=O)NC(C)C(C)C(=O)O)c2C)cc1. The number of aliphatic carboxylic acids is 1. The lowest BCUT2D eigenvalue weighted by Gasteiger charge is -2.17. The third-order valence-corrected chi connectivity index (χ3v) is 5.11. The number of aryl methyl sites for hydroxylation is 2. The molecule has 2 aromatic rings. The van der Waals surface area contributed by atoms with Crippen molar-refractivity contribution >= 4 is 11.9 Å². The number of benzene rings is 1. The molecule has 2 N–H and O–H groups in total. The van der Waals surface area contributed by atoms with Gasteiger partial charge in [0.05, 0.1) is 18.2 Å². The minimum absolute atomic E-state index is 0.138. The highest BCUT2D eigenvalue weighted by molar-refractivity contribution is 5.78. The summed E-state index contributed by atoms with van der Waals surface area (Å²) < 4.78 is 1.97. The average molecular weight is 371 g/mol. The van der Waals surface area contributed by atoms with E-state index in [1.54, 1.807) is 13.8 Å². The van der Waals surface area contributed by atoms with Crippen molar-refractivity contribution in [3.63, 3.8) is 0 Å². The van der Waals surface area contributed by atoms with E-state index in [1.807, 2.05) is 18.5 Å². The quantitative estimate of drug-likeness (QED) is 0.747. The third-order valence-electron chi connectivity index (χ3n) is 5.11. The van der Waals surface area contributed by atoms with E-state index in [2.05, 4.69) is 41.6 Å². The Morgan fingerprint density at radius 1 is 1.15 bits per heavy atom. The number of carbonyl (C=O) groups excluding carboxylic acids is 1. The summed E-state index contributed by atoms with van der Waals surface area (Å²) in [5, 5.41) is 16.4. The molecule has 0 aliphatic carbocycles. The summed E-state index contributed by atoms with van der Waals surface area (Å²) in [5.41, 5.74) is 5.49. The zero-order chi connectivity index (χ0) is 20.1. The summed E-state index contributed by atoms with van der Waals surface area (Å²) >= 11 is 0. The number of hydrogen-bond acceptors (Lipinski definition) is 3. The molecule has 0 aliphatic rings. The van der Waals surface area contributed by atoms with Crippen LogP contribution in [0.4, 0.5) is 0 Å². The summed E-state index contributed by atoms with van der Waals surface area (Å²) in [6.45, 7) is 10.1. The molecule has 1 aromatic heterocycles. The summed E-state index contributed by atoms with van der Waals surface area (Å²) in [5.74, 6) is -1.66. The molecule has 0 saturated carbocycles. The second-order valence-electron chi connectivity index (χ2n) is 7.28. The molecule has 0 aliphatic heterocycles. The van der Waals surface area contributed by atoms with Crippen molar-refractivity contribution in [2.24, 2.45) is 5.92 Å². The molecule has 27 heavy (non-hydrogen) atoms. The molecule has 0 bridgehead atoms. The van der Waals surface area contributed by atoms with Gasteiger partial charge in [0.2, 0.25) is 5.91 Å². The van der Waals surface area contributed by atoms with Crippen LogP contribution in [0.3, 0.4) is 0 Å². The lowest BCUT2D eigenvalue weighted by atomic mass is 10.0. The van der Waals surface area contributed by atoms with Gasteiger partial charge in [0.15, 0.2) is 0 Å². The van der Waals surface area contributed by atoms with Crippen molar-refractivity contribution in [3.8, 4) is 0 Å². The Hall–Kier alpha value is -2.63. The van der Waals surface area contributed by atoms with Crippen LogP contribution in [0.1, 0.15) is 48.3 Å². The normalized spacial score (nSPS) is 13.2. The Balaban J connectivity index is 1.99. The molecule has 2 unspecified atom stereocenters. The van der Waals surface area contributed by atoms with Crippen LogP contribution < -0.4 is 5.32 Å². The van der Waals surface area contributed by atoms with Gasteiger partial charge in [-0.3, -0.25) is 14.3 Å². The molecule has 1 heterocycles. The molecule has 0 saturated heterocycles. The maximum Gasteiger partial charge on any atom is 0.308 e. The summed E-state index contributed by atoms with van der Waals surface area (Å²) in [4.78, 5) is 23.2. The topological polar surface area (TPSA) is 84.2 Å². The van der Waals surface area contributed by atoms with E-state index in [0.29, 0.717) is 19.4 Å². The maximum atomic E-state index is 12.2. The standard InChI is InChI=1S/C21H29N3O3/c1-13-6-8-18(9-7-13)12-24-17(5)19(16(4)23-24)10-11-20(25)22-15(3)14(2)21(26)27/h6-9,14-15H,10-12H2,1-5H3,(H,22,25)(H,26,27). The fourth-order valence-corrected chi connectivity index (χ4v) is 3.02. The maximum absolute atomic E-state index is 12.2. The number of nitrogens with one attached hydrogen (secondary N) is 1. The first-order valence-electron chi connectivity index (χ1n) is 9.29. The highest BCUT2D eigenvalue weighted by Crippen LogP contribution is 2.17. The number of rotatable bonds is 8. The molecular weight excluding hydrogens is 342 g/mol. The molecule has 146 valence electrons. The van der Waals surface area contributed by atoms with E-state index in [4.69, 9.17) is 5.11 Å². The molecule has 1 aromatic carbocycles. The molecule has 1 amide bonds. The Morgan fingerprint density at radius 3 is 2.37 bits per heavy atom. The van der Waals surface area contributed by atoms with E-state index in [9.17, 15) is 9.59 Å². The average Bonchev–Trinajstić information content (AvgIpc) is 2.87. The van der Waals surface area contributed by atoms with Gasteiger partial charge in [-0.15, -0.1) is 0 Å². The summed E-state index contributed by atoms with van der Waals surface area (Å²) in [6.07, 6.45) is 0.903. The van der Waals surface area contributed by atoms with Crippen molar-refractivity contribution in [1.82, 2.24) is 15.1 Å². The minimum atomic E-state index is -0.910. The van der Waals surface area contributed by atoms with Crippen molar-refractivity contribution in [3.05, 3.63) is 52.3 Å². The van der Waals surface area contributed by atoms with Gasteiger partial charge in [0.25, 0.3) is 0 Å². The smallest absolute Gasteiger partial charge is 0.308 e. The highest BCUT2D eigenvalue weighted by atomic mass is 16.4. The Labute approximate surface area is 160 Å². The summed E-state index contributed by atoms with van der Waals surface area (Å²) in [7, 11) is 0. The van der Waals surface area contributed by atoms with Gasteiger partial charge in [-0.05, 0) is 52.2 Å². The molecule has 2 atom stereocenters. The van der Waals surface area contributed by atoms with E-state index >= 15 is 0 Å². The highest BCUT2D eigenvalue weighted by Gasteiger charge is 2.21. The molecule has 2 rings (SSSR count). The number of aromatic nitrogens is 2. The van der Waals surface area contributed by atoms with E-state index in [1.165, 1.54) is 11.1 Å². The van der Waals surface area contributed by atoms with Gasteiger partial charge in [0.1, 0.15) is 0 Å². The number of nitrogens with zero attached hydrogens (tertiary/aromatic N) is 2. The predicted octanol–water partition coefficient (Wildman–Crippen LogP) is 3.01. The number of carboxylic acid groups (broad SMARTS) is 1. The van der Waals surface area contributed by atoms with E-state index in [-0.39, 0.29) is 5.91 Å². The van der Waals surface area contributed by atoms with Crippen molar-refractivity contribution in [2.45, 2.75) is 60.0 Å². The third kappa shape index (κ3) is 5.42. The lowest BCUT2D eigenvalue weighted by Crippen LogP contribution is -2.40. The fourth-order valence-electron chi connectivity index (χ4n) is 3.02. The van der Waals surface area contributed by atoms with Crippen molar-refractivity contribution < 1.29 is 14.7 Å². The molecule has 0 radical (unpaired) electrons. The van der Waals surface area contributed by atoms with E-state index < -0.39 is 17.9 Å². The molecule has 0 fully saturated rings. The van der Waals surface area contributed by atoms with Crippen molar-refractivity contribution in [1.29, 1.82) is 0 Å². The number of carboxylic acids is 1. The number of carbonyl (C=O) groups is 2. The molecule has 6 heteroatoms. The number of hydrogen-bond donors (Lipinski definition) is 2. The molecule has 0 spiro atoms. The molecule has 6 nitrogen and oxygen atoms in total. The first-order chi connectivity index (χ1) is 12.7. The van der Waals surface area contributed by atoms with E-state index in [0.717, 1.165) is 17.0 Å². The zero-order valence-electron chi connectivity index (χ0n) is 16.7. The van der Waals surface area contributed by atoms with Crippen LogP contribution in [-0.2, 0) is 22.6 Å². The fraction of sp³-hybridized carbons (Fsp3) is 0.476. The largest absolute Gasteiger partial charge is 0.481 e.